The summed E-state index contributed by atoms with van der Waals surface area (Å²) in [6.07, 6.45) is 15.2. The molecule has 0 aliphatic carbocycles. The van der Waals surface area contributed by atoms with Crippen LogP contribution < -0.4 is 10.6 Å². The third kappa shape index (κ3) is 16.6. The second-order valence-corrected chi connectivity index (χ2v) is 8.02. The molecule has 0 aliphatic heterocycles. The molecule has 0 spiro atoms. The lowest BCUT2D eigenvalue weighted by molar-refractivity contribution is -0.926. The Morgan fingerprint density at radius 2 is 1.13 bits per heavy atom. The average Bonchev–Trinajstić information content (AvgIpc) is 2.74. The van der Waals surface area contributed by atoms with E-state index in [1.54, 1.807) is 0 Å². The Bertz CT molecular complexity index is 475. The predicted molar refractivity (Wildman–Crippen MR) is 126 cm³/mol. The molecule has 2 amide bonds. The summed E-state index contributed by atoms with van der Waals surface area (Å²) in [6, 6.07) is 0. The number of allylic oxidation sites excluding steroid dienone is 2. The molecule has 0 saturated carbocycles. The fourth-order valence-electron chi connectivity index (χ4n) is 3.36. The Labute approximate surface area is 189 Å². The molecule has 0 heterocycles. The summed E-state index contributed by atoms with van der Waals surface area (Å²) in [6.45, 7) is 7.33. The van der Waals surface area contributed by atoms with E-state index in [1.807, 2.05) is 24.3 Å². The van der Waals surface area contributed by atoms with E-state index in [9.17, 15) is 19.8 Å². The molecule has 7 nitrogen and oxygen atoms in total. The van der Waals surface area contributed by atoms with Gasteiger partial charge in [-0.3, -0.25) is 9.59 Å². The Hall–Kier alpha value is -1.70. The summed E-state index contributed by atoms with van der Waals surface area (Å²) >= 11 is 0. The van der Waals surface area contributed by atoms with E-state index in [1.165, 1.54) is 0 Å². The van der Waals surface area contributed by atoms with Gasteiger partial charge in [0, 0.05) is 12.8 Å². The van der Waals surface area contributed by atoms with Gasteiger partial charge in [0.1, 0.15) is 13.1 Å². The van der Waals surface area contributed by atoms with E-state index in [4.69, 9.17) is 0 Å². The zero-order valence-corrected chi connectivity index (χ0v) is 19.8. The first-order chi connectivity index (χ1) is 15.0. The van der Waals surface area contributed by atoms with E-state index in [2.05, 4.69) is 24.5 Å². The number of nitrogens with zero attached hydrogens (tertiary/aromatic N) is 1. The van der Waals surface area contributed by atoms with Crippen molar-refractivity contribution in [3.8, 4) is 0 Å². The normalized spacial score (nSPS) is 12.0. The van der Waals surface area contributed by atoms with Gasteiger partial charge in [-0.15, -0.1) is 0 Å². The van der Waals surface area contributed by atoms with Crippen LogP contribution in [0.25, 0.3) is 0 Å². The summed E-state index contributed by atoms with van der Waals surface area (Å²) in [5.41, 5.74) is 0. The second-order valence-electron chi connectivity index (χ2n) is 8.02. The largest absolute Gasteiger partial charge is 0.391 e. The molecule has 4 N–H and O–H groups in total. The zero-order chi connectivity index (χ0) is 23.2. The minimum atomic E-state index is -0.0259. The van der Waals surface area contributed by atoms with E-state index in [0.29, 0.717) is 56.6 Å². The van der Waals surface area contributed by atoms with Crippen molar-refractivity contribution in [3.63, 3.8) is 0 Å². The first kappa shape index (κ1) is 29.3. The van der Waals surface area contributed by atoms with Gasteiger partial charge < -0.3 is 25.3 Å². The standard InChI is InChI=1S/C24H45N3O4/c1-3-5-7-9-11-13-23(30)25-15-17-27(19-21-28,20-22-29)18-16-26-24(31)14-12-10-8-6-4-2/h9-12,28-29H,3-8,13-22H2,1-2H3,(H-,25,26,30,31)/p+1/b11-9+,12-10+. The van der Waals surface area contributed by atoms with Gasteiger partial charge in [-0.1, -0.05) is 63.8 Å². The van der Waals surface area contributed by atoms with Crippen molar-refractivity contribution in [2.45, 2.75) is 65.2 Å². The lowest BCUT2D eigenvalue weighted by Gasteiger charge is -2.38. The number of hydrogen-bond acceptors (Lipinski definition) is 4. The molecule has 0 radical (unpaired) electrons. The van der Waals surface area contributed by atoms with E-state index in [-0.39, 0.29) is 25.0 Å². The minimum absolute atomic E-state index is 0.0117. The quantitative estimate of drug-likeness (QED) is 0.133. The first-order valence-electron chi connectivity index (χ1n) is 11.9. The number of aliphatic hydroxyl groups excluding tert-OH is 2. The fraction of sp³-hybridized carbons (Fsp3) is 0.750. The number of hydrogen-bond donors (Lipinski definition) is 4. The molecule has 0 fully saturated rings. The Balaban J connectivity index is 4.45. The highest BCUT2D eigenvalue weighted by atomic mass is 16.3. The molecular weight excluding hydrogens is 394 g/mol. The molecule has 0 rings (SSSR count). The van der Waals surface area contributed by atoms with Crippen molar-refractivity contribution in [2.24, 2.45) is 0 Å². The maximum Gasteiger partial charge on any atom is 0.224 e. The number of aliphatic hydroxyl groups is 2. The molecule has 0 unspecified atom stereocenters. The van der Waals surface area contributed by atoms with Crippen molar-refractivity contribution < 1.29 is 24.3 Å². The molecule has 0 saturated heterocycles. The predicted octanol–water partition coefficient (Wildman–Crippen LogP) is 2.29. The molecule has 0 bridgehead atoms. The molecule has 0 aromatic heterocycles. The van der Waals surface area contributed by atoms with Crippen LogP contribution in [0.5, 0.6) is 0 Å². The zero-order valence-electron chi connectivity index (χ0n) is 19.8. The number of unbranched alkanes of at least 4 members (excludes halogenated alkanes) is 4. The summed E-state index contributed by atoms with van der Waals surface area (Å²) in [4.78, 5) is 24.0. The molecule has 180 valence electrons. The van der Waals surface area contributed by atoms with Crippen molar-refractivity contribution in [2.75, 3.05) is 52.5 Å². The third-order valence-corrected chi connectivity index (χ3v) is 5.35. The van der Waals surface area contributed by atoms with Crippen LogP contribution in [0.15, 0.2) is 24.3 Å². The number of carbonyl (C=O) groups excluding carboxylic acids is 2. The topological polar surface area (TPSA) is 98.7 Å². The number of amides is 2. The lowest BCUT2D eigenvalue weighted by Crippen LogP contribution is -2.57. The van der Waals surface area contributed by atoms with Crippen LogP contribution in [0, 0.1) is 0 Å². The third-order valence-electron chi connectivity index (χ3n) is 5.35. The second kappa shape index (κ2) is 20.2. The van der Waals surface area contributed by atoms with E-state index in [0.717, 1.165) is 38.5 Å². The molecule has 0 aromatic rings. The van der Waals surface area contributed by atoms with Gasteiger partial charge in [-0.25, -0.2) is 0 Å². The van der Waals surface area contributed by atoms with Gasteiger partial charge >= 0.3 is 0 Å². The smallest absolute Gasteiger partial charge is 0.224 e. The first-order valence-corrected chi connectivity index (χ1v) is 11.9. The maximum absolute atomic E-state index is 12.0. The van der Waals surface area contributed by atoms with Crippen molar-refractivity contribution in [1.82, 2.24) is 10.6 Å². The Morgan fingerprint density at radius 3 is 1.48 bits per heavy atom. The van der Waals surface area contributed by atoms with Crippen LogP contribution in [-0.4, -0.2) is 79.0 Å². The average molecular weight is 441 g/mol. The Kier molecular flexibility index (Phi) is 19.1. The summed E-state index contributed by atoms with van der Waals surface area (Å²) in [5, 5.41) is 24.9. The van der Waals surface area contributed by atoms with E-state index >= 15 is 0 Å². The van der Waals surface area contributed by atoms with E-state index < -0.39 is 0 Å². The summed E-state index contributed by atoms with van der Waals surface area (Å²) in [7, 11) is 0. The molecule has 7 heteroatoms. The van der Waals surface area contributed by atoms with Crippen molar-refractivity contribution in [1.29, 1.82) is 0 Å². The van der Waals surface area contributed by atoms with Crippen molar-refractivity contribution in [3.05, 3.63) is 24.3 Å². The van der Waals surface area contributed by atoms with Gasteiger partial charge in [0.15, 0.2) is 0 Å². The fourth-order valence-corrected chi connectivity index (χ4v) is 3.36. The van der Waals surface area contributed by atoms with Crippen molar-refractivity contribution >= 4 is 11.8 Å². The van der Waals surface area contributed by atoms with Crippen LogP contribution in [0.2, 0.25) is 0 Å². The number of carbonyl (C=O) groups is 2. The van der Waals surface area contributed by atoms with Gasteiger partial charge in [0.25, 0.3) is 0 Å². The molecule has 0 aliphatic rings. The van der Waals surface area contributed by atoms with Crippen LogP contribution in [-0.2, 0) is 9.59 Å². The van der Waals surface area contributed by atoms with Crippen LogP contribution in [0.3, 0.4) is 0 Å². The summed E-state index contributed by atoms with van der Waals surface area (Å²) in [5.74, 6) is -0.0518. The van der Waals surface area contributed by atoms with Crippen LogP contribution in [0.1, 0.15) is 65.2 Å². The monoisotopic (exact) mass is 440 g/mol. The summed E-state index contributed by atoms with van der Waals surface area (Å²) < 4.78 is 0.451. The lowest BCUT2D eigenvalue weighted by atomic mass is 10.2. The van der Waals surface area contributed by atoms with Gasteiger partial charge in [-0.2, -0.15) is 0 Å². The van der Waals surface area contributed by atoms with Gasteiger partial charge in [0.2, 0.25) is 11.8 Å². The van der Waals surface area contributed by atoms with Crippen LogP contribution in [0.4, 0.5) is 0 Å². The highest BCUT2D eigenvalue weighted by Crippen LogP contribution is 2.05. The molecule has 0 aromatic carbocycles. The molecule has 0 atom stereocenters. The maximum atomic E-state index is 12.0. The SMILES string of the molecule is CCCC/C=C/CC(=O)NCC[N+](CCO)(CCO)CCNC(=O)C/C=C/CCCC. The minimum Gasteiger partial charge on any atom is -0.391 e. The van der Waals surface area contributed by atoms with Gasteiger partial charge in [-0.05, 0) is 12.8 Å². The highest BCUT2D eigenvalue weighted by molar-refractivity contribution is 5.77. The number of rotatable bonds is 20. The number of quaternary nitrogens is 1. The van der Waals surface area contributed by atoms with Gasteiger partial charge in [0.05, 0.1) is 39.4 Å². The van der Waals surface area contributed by atoms with Crippen LogP contribution >= 0.6 is 0 Å². The number of nitrogens with one attached hydrogen (secondary N) is 2. The highest BCUT2D eigenvalue weighted by Gasteiger charge is 2.26. The molecular formula is C24H46N3O4+. The molecule has 31 heavy (non-hydrogen) atoms. The Morgan fingerprint density at radius 1 is 0.710 bits per heavy atom.